The molecule has 0 aromatic carbocycles. The summed E-state index contributed by atoms with van der Waals surface area (Å²) in [4.78, 5) is 9.12. The Kier molecular flexibility index (Phi) is 2.60. The van der Waals surface area contributed by atoms with Gasteiger partial charge in [0, 0.05) is 10.9 Å². The van der Waals surface area contributed by atoms with Crippen molar-refractivity contribution in [2.75, 3.05) is 11.1 Å². The van der Waals surface area contributed by atoms with Gasteiger partial charge in [-0.1, -0.05) is 6.07 Å². The maximum absolute atomic E-state index is 5.52. The molecule has 0 saturated heterocycles. The van der Waals surface area contributed by atoms with Gasteiger partial charge in [0.25, 0.3) is 0 Å². The van der Waals surface area contributed by atoms with Crippen LogP contribution in [0.15, 0.2) is 29.9 Å². The second-order valence-corrected chi connectivity index (χ2v) is 3.79. The van der Waals surface area contributed by atoms with Crippen molar-refractivity contribution in [2.45, 2.75) is 6.54 Å². The Bertz CT molecular complexity index is 399. The van der Waals surface area contributed by atoms with Crippen molar-refractivity contribution < 1.29 is 0 Å². The zero-order valence-corrected chi connectivity index (χ0v) is 8.29. The van der Waals surface area contributed by atoms with Gasteiger partial charge in [-0.05, 0) is 11.4 Å². The molecule has 0 unspecified atom stereocenters. The molecule has 0 saturated carbocycles. The zero-order chi connectivity index (χ0) is 9.80. The summed E-state index contributed by atoms with van der Waals surface area (Å²) in [5, 5.41) is 5.21. The van der Waals surface area contributed by atoms with E-state index in [4.69, 9.17) is 5.73 Å². The molecule has 4 nitrogen and oxygen atoms in total. The van der Waals surface area contributed by atoms with Crippen LogP contribution in [0.5, 0.6) is 0 Å². The van der Waals surface area contributed by atoms with Gasteiger partial charge < -0.3 is 11.1 Å². The number of nitrogens with two attached hydrogens (primary N) is 1. The lowest BCUT2D eigenvalue weighted by Gasteiger charge is -2.03. The molecular formula is C9H10N4S. The van der Waals surface area contributed by atoms with Crippen molar-refractivity contribution in [3.63, 3.8) is 0 Å². The average molecular weight is 206 g/mol. The van der Waals surface area contributed by atoms with E-state index in [-0.39, 0.29) is 0 Å². The van der Waals surface area contributed by atoms with E-state index in [2.05, 4.69) is 21.4 Å². The summed E-state index contributed by atoms with van der Waals surface area (Å²) >= 11 is 1.71. The number of thiophene rings is 1. The van der Waals surface area contributed by atoms with E-state index in [0.29, 0.717) is 5.82 Å². The molecule has 0 amide bonds. The van der Waals surface area contributed by atoms with Crippen molar-refractivity contribution >= 4 is 23.0 Å². The molecule has 5 heteroatoms. The lowest BCUT2D eigenvalue weighted by molar-refractivity contribution is 1.10. The van der Waals surface area contributed by atoms with Crippen LogP contribution in [0.3, 0.4) is 0 Å². The number of rotatable bonds is 3. The van der Waals surface area contributed by atoms with Crippen LogP contribution in [0.2, 0.25) is 0 Å². The second-order valence-electron chi connectivity index (χ2n) is 2.76. The highest BCUT2D eigenvalue weighted by molar-refractivity contribution is 7.09. The first-order chi connectivity index (χ1) is 6.84. The molecule has 0 aliphatic rings. The highest BCUT2D eigenvalue weighted by Gasteiger charge is 1.96. The van der Waals surface area contributed by atoms with Gasteiger partial charge in [-0.25, -0.2) is 9.97 Å². The van der Waals surface area contributed by atoms with Gasteiger partial charge in [0.2, 0.25) is 0 Å². The van der Waals surface area contributed by atoms with Gasteiger partial charge in [0.05, 0.1) is 6.54 Å². The number of aromatic nitrogens is 2. The predicted molar refractivity (Wildman–Crippen MR) is 58.1 cm³/mol. The minimum absolute atomic E-state index is 0.480. The third-order valence-corrected chi connectivity index (χ3v) is 2.59. The first kappa shape index (κ1) is 8.96. The molecule has 0 atom stereocenters. The number of nitrogens with zero attached hydrogens (tertiary/aromatic N) is 2. The Balaban J connectivity index is 1.98. The molecule has 3 N–H and O–H groups in total. The monoisotopic (exact) mass is 206 g/mol. The smallest absolute Gasteiger partial charge is 0.131 e. The highest BCUT2D eigenvalue weighted by Crippen LogP contribution is 2.11. The first-order valence-electron chi connectivity index (χ1n) is 4.18. The van der Waals surface area contributed by atoms with Gasteiger partial charge >= 0.3 is 0 Å². The number of nitrogen functional groups attached to an aromatic ring is 1. The first-order valence-corrected chi connectivity index (χ1v) is 5.06. The molecule has 0 fully saturated rings. The number of nitrogens with one attached hydrogen (secondary N) is 1. The van der Waals surface area contributed by atoms with Gasteiger partial charge in [-0.2, -0.15) is 0 Å². The standard InChI is InChI=1S/C9H10N4S/c10-8-4-9(13-6-12-8)11-5-7-2-1-3-14-7/h1-4,6H,5H2,(H3,10,11,12,13). The molecule has 2 aromatic heterocycles. The van der Waals surface area contributed by atoms with E-state index in [1.807, 2.05) is 11.4 Å². The van der Waals surface area contributed by atoms with Crippen molar-refractivity contribution in [1.29, 1.82) is 0 Å². The molecule has 0 aliphatic carbocycles. The summed E-state index contributed by atoms with van der Waals surface area (Å²) in [6.45, 7) is 0.772. The summed E-state index contributed by atoms with van der Waals surface area (Å²) in [6.07, 6.45) is 1.45. The minimum atomic E-state index is 0.480. The van der Waals surface area contributed by atoms with Gasteiger partial charge in [-0.15, -0.1) is 11.3 Å². The lowest BCUT2D eigenvalue weighted by Crippen LogP contribution is -2.01. The predicted octanol–water partition coefficient (Wildman–Crippen LogP) is 1.73. The molecule has 0 radical (unpaired) electrons. The molecule has 72 valence electrons. The normalized spacial score (nSPS) is 10.0. The minimum Gasteiger partial charge on any atom is -0.384 e. The van der Waals surface area contributed by atoms with Crippen LogP contribution in [-0.4, -0.2) is 9.97 Å². The Morgan fingerprint density at radius 2 is 2.36 bits per heavy atom. The molecule has 2 heterocycles. The third kappa shape index (κ3) is 2.20. The van der Waals surface area contributed by atoms with Gasteiger partial charge in [-0.3, -0.25) is 0 Å². The summed E-state index contributed by atoms with van der Waals surface area (Å²) in [5.74, 6) is 1.24. The topological polar surface area (TPSA) is 63.8 Å². The number of anilines is 2. The Morgan fingerprint density at radius 3 is 3.07 bits per heavy atom. The average Bonchev–Trinajstić information content (AvgIpc) is 2.67. The number of hydrogen-bond donors (Lipinski definition) is 2. The summed E-state index contributed by atoms with van der Waals surface area (Å²) < 4.78 is 0. The van der Waals surface area contributed by atoms with Crippen LogP contribution in [0.1, 0.15) is 4.88 Å². The summed E-state index contributed by atoms with van der Waals surface area (Å²) in [6, 6.07) is 5.81. The van der Waals surface area contributed by atoms with Crippen LogP contribution >= 0.6 is 11.3 Å². The van der Waals surface area contributed by atoms with Crippen molar-refractivity contribution in [2.24, 2.45) is 0 Å². The van der Waals surface area contributed by atoms with Crippen LogP contribution in [0.4, 0.5) is 11.6 Å². The van der Waals surface area contributed by atoms with Crippen LogP contribution in [-0.2, 0) is 6.54 Å². The zero-order valence-electron chi connectivity index (χ0n) is 7.47. The Morgan fingerprint density at radius 1 is 1.43 bits per heavy atom. The van der Waals surface area contributed by atoms with E-state index in [1.54, 1.807) is 17.4 Å². The van der Waals surface area contributed by atoms with Crippen LogP contribution in [0.25, 0.3) is 0 Å². The molecular weight excluding hydrogens is 196 g/mol. The molecule has 14 heavy (non-hydrogen) atoms. The summed E-state index contributed by atoms with van der Waals surface area (Å²) in [5.41, 5.74) is 5.52. The third-order valence-electron chi connectivity index (χ3n) is 1.71. The highest BCUT2D eigenvalue weighted by atomic mass is 32.1. The summed E-state index contributed by atoms with van der Waals surface area (Å²) in [7, 11) is 0. The van der Waals surface area contributed by atoms with Crippen molar-refractivity contribution in [1.82, 2.24) is 9.97 Å². The lowest BCUT2D eigenvalue weighted by atomic mass is 10.4. The SMILES string of the molecule is Nc1cc(NCc2cccs2)ncn1. The molecule has 2 aromatic rings. The fourth-order valence-electron chi connectivity index (χ4n) is 1.06. The maximum atomic E-state index is 5.52. The second kappa shape index (κ2) is 4.06. The van der Waals surface area contributed by atoms with Crippen molar-refractivity contribution in [3.05, 3.63) is 34.8 Å². The molecule has 2 rings (SSSR count). The van der Waals surface area contributed by atoms with E-state index < -0.39 is 0 Å². The molecule has 0 bridgehead atoms. The van der Waals surface area contributed by atoms with E-state index in [1.165, 1.54) is 11.2 Å². The molecule has 0 aliphatic heterocycles. The van der Waals surface area contributed by atoms with Crippen LogP contribution < -0.4 is 11.1 Å². The maximum Gasteiger partial charge on any atom is 0.131 e. The fraction of sp³-hybridized carbons (Fsp3) is 0.111. The van der Waals surface area contributed by atoms with E-state index in [9.17, 15) is 0 Å². The fourth-order valence-corrected chi connectivity index (χ4v) is 1.70. The number of hydrogen-bond acceptors (Lipinski definition) is 5. The Labute approximate surface area is 85.8 Å². The largest absolute Gasteiger partial charge is 0.384 e. The van der Waals surface area contributed by atoms with E-state index >= 15 is 0 Å². The molecule has 0 spiro atoms. The van der Waals surface area contributed by atoms with Crippen LogP contribution in [0, 0.1) is 0 Å². The van der Waals surface area contributed by atoms with Gasteiger partial charge in [0.1, 0.15) is 18.0 Å². The van der Waals surface area contributed by atoms with Gasteiger partial charge in [0.15, 0.2) is 0 Å². The quantitative estimate of drug-likeness (QED) is 0.802. The van der Waals surface area contributed by atoms with Crippen molar-refractivity contribution in [3.8, 4) is 0 Å². The Hall–Kier alpha value is -1.62. The van der Waals surface area contributed by atoms with E-state index in [0.717, 1.165) is 12.4 Å².